The van der Waals surface area contributed by atoms with Gasteiger partial charge in [-0.2, -0.15) is 0 Å². The van der Waals surface area contributed by atoms with E-state index in [0.717, 1.165) is 33.7 Å². The van der Waals surface area contributed by atoms with E-state index in [2.05, 4.69) is 43.7 Å². The molecule has 0 amide bonds. The smallest absolute Gasteiger partial charge is 0.136 e. The molecular weight excluding hydrogens is 272 g/mol. The van der Waals surface area contributed by atoms with Gasteiger partial charge < -0.3 is 4.74 Å². The maximum absolute atomic E-state index is 6.26. The first-order valence-electron chi connectivity index (χ1n) is 6.61. The minimum Gasteiger partial charge on any atom is -0.496 e. The van der Waals surface area contributed by atoms with Gasteiger partial charge in [0.1, 0.15) is 17.2 Å². The summed E-state index contributed by atoms with van der Waals surface area (Å²) in [7, 11) is 1.68. The highest BCUT2D eigenvalue weighted by Gasteiger charge is 2.20. The molecule has 0 aliphatic rings. The van der Waals surface area contributed by atoms with E-state index in [-0.39, 0.29) is 5.92 Å². The van der Waals surface area contributed by atoms with Gasteiger partial charge in [-0.25, -0.2) is 9.97 Å². The molecule has 2 rings (SSSR count). The second-order valence-corrected chi connectivity index (χ2v) is 5.60. The first kappa shape index (κ1) is 14.8. The van der Waals surface area contributed by atoms with Crippen molar-refractivity contribution in [3.05, 3.63) is 40.3 Å². The third kappa shape index (κ3) is 2.63. The van der Waals surface area contributed by atoms with Crippen LogP contribution in [0.25, 0.3) is 11.3 Å². The monoisotopic (exact) mass is 290 g/mol. The van der Waals surface area contributed by atoms with Gasteiger partial charge in [0.05, 0.1) is 12.8 Å². The van der Waals surface area contributed by atoms with Crippen molar-refractivity contribution in [2.45, 2.75) is 33.6 Å². The van der Waals surface area contributed by atoms with Crippen LogP contribution >= 0.6 is 11.6 Å². The molecule has 0 fully saturated rings. The fourth-order valence-corrected chi connectivity index (χ4v) is 2.83. The molecule has 1 aromatic heterocycles. The molecule has 4 heteroatoms. The first-order valence-corrected chi connectivity index (χ1v) is 6.99. The van der Waals surface area contributed by atoms with Gasteiger partial charge >= 0.3 is 0 Å². The first-order chi connectivity index (χ1) is 9.45. The van der Waals surface area contributed by atoms with Crippen molar-refractivity contribution in [2.75, 3.05) is 7.11 Å². The lowest BCUT2D eigenvalue weighted by atomic mass is 9.94. The minimum atomic E-state index is 0.240. The molecule has 2 aromatic rings. The van der Waals surface area contributed by atoms with Gasteiger partial charge in [-0.15, -0.1) is 0 Å². The molecule has 0 unspecified atom stereocenters. The van der Waals surface area contributed by atoms with Gasteiger partial charge in [-0.3, -0.25) is 0 Å². The Morgan fingerprint density at radius 3 is 2.45 bits per heavy atom. The summed E-state index contributed by atoms with van der Waals surface area (Å²) in [6, 6.07) is 4.14. The second-order valence-electron chi connectivity index (χ2n) is 5.24. The van der Waals surface area contributed by atoms with Gasteiger partial charge in [-0.1, -0.05) is 31.5 Å². The van der Waals surface area contributed by atoms with Crippen LogP contribution in [0.3, 0.4) is 0 Å². The Morgan fingerprint density at radius 1 is 1.15 bits per heavy atom. The highest BCUT2D eigenvalue weighted by atomic mass is 35.5. The number of aromatic nitrogens is 2. The lowest BCUT2D eigenvalue weighted by Gasteiger charge is -2.17. The zero-order valence-corrected chi connectivity index (χ0v) is 13.2. The SMILES string of the molecule is COc1cc(C)cc(C)c1-c1ncnc(Cl)c1C(C)C. The highest BCUT2D eigenvalue weighted by Crippen LogP contribution is 2.38. The van der Waals surface area contributed by atoms with Crippen molar-refractivity contribution < 1.29 is 4.74 Å². The van der Waals surface area contributed by atoms with E-state index >= 15 is 0 Å². The number of nitrogens with zero attached hydrogens (tertiary/aromatic N) is 2. The van der Waals surface area contributed by atoms with Gasteiger partial charge in [0.15, 0.2) is 0 Å². The van der Waals surface area contributed by atoms with Crippen LogP contribution in [0, 0.1) is 13.8 Å². The molecule has 1 heterocycles. The van der Waals surface area contributed by atoms with E-state index in [1.54, 1.807) is 7.11 Å². The van der Waals surface area contributed by atoms with Crippen LogP contribution in [0.4, 0.5) is 0 Å². The summed E-state index contributed by atoms with van der Waals surface area (Å²) in [5.41, 5.74) is 5.09. The van der Waals surface area contributed by atoms with Crippen LogP contribution < -0.4 is 4.74 Å². The van der Waals surface area contributed by atoms with Crippen molar-refractivity contribution in [3.63, 3.8) is 0 Å². The lowest BCUT2D eigenvalue weighted by Crippen LogP contribution is -2.02. The normalized spacial score (nSPS) is 10.9. The van der Waals surface area contributed by atoms with Gasteiger partial charge in [0.25, 0.3) is 0 Å². The Hall–Kier alpha value is -1.61. The second kappa shape index (κ2) is 5.80. The summed E-state index contributed by atoms with van der Waals surface area (Å²) in [5.74, 6) is 1.06. The quantitative estimate of drug-likeness (QED) is 0.778. The van der Waals surface area contributed by atoms with E-state index in [1.165, 1.54) is 6.33 Å². The van der Waals surface area contributed by atoms with Gasteiger partial charge in [0.2, 0.25) is 0 Å². The average molecular weight is 291 g/mol. The molecule has 0 radical (unpaired) electrons. The lowest BCUT2D eigenvalue weighted by molar-refractivity contribution is 0.415. The average Bonchev–Trinajstić information content (AvgIpc) is 2.36. The highest BCUT2D eigenvalue weighted by molar-refractivity contribution is 6.30. The Morgan fingerprint density at radius 2 is 1.85 bits per heavy atom. The molecule has 106 valence electrons. The van der Waals surface area contributed by atoms with E-state index in [0.29, 0.717) is 5.15 Å². The van der Waals surface area contributed by atoms with Crippen molar-refractivity contribution in [1.82, 2.24) is 9.97 Å². The Kier molecular flexibility index (Phi) is 4.29. The third-order valence-corrected chi connectivity index (χ3v) is 3.61. The maximum Gasteiger partial charge on any atom is 0.136 e. The number of benzene rings is 1. The third-order valence-electron chi connectivity index (χ3n) is 3.31. The number of hydrogen-bond acceptors (Lipinski definition) is 3. The number of aryl methyl sites for hydroxylation is 2. The molecule has 0 atom stereocenters. The standard InChI is InChI=1S/C16H19ClN2O/c1-9(2)13-15(18-8-19-16(13)17)14-11(4)6-10(3)7-12(14)20-5/h6-9H,1-5H3. The van der Waals surface area contributed by atoms with E-state index in [4.69, 9.17) is 16.3 Å². The largest absolute Gasteiger partial charge is 0.496 e. The summed E-state index contributed by atoms with van der Waals surface area (Å²) in [4.78, 5) is 8.56. The predicted octanol–water partition coefficient (Wildman–Crippen LogP) is 4.55. The molecule has 0 aliphatic heterocycles. The zero-order chi connectivity index (χ0) is 14.9. The summed E-state index contributed by atoms with van der Waals surface area (Å²) in [6.07, 6.45) is 1.50. The Bertz CT molecular complexity index is 639. The molecule has 3 nitrogen and oxygen atoms in total. The van der Waals surface area contributed by atoms with E-state index < -0.39 is 0 Å². The van der Waals surface area contributed by atoms with Crippen LogP contribution in [-0.4, -0.2) is 17.1 Å². The molecule has 0 aliphatic carbocycles. The minimum absolute atomic E-state index is 0.240. The van der Waals surface area contributed by atoms with Crippen LogP contribution in [-0.2, 0) is 0 Å². The number of rotatable bonds is 3. The number of ether oxygens (including phenoxy) is 1. The summed E-state index contributed by atoms with van der Waals surface area (Å²) >= 11 is 6.26. The van der Waals surface area contributed by atoms with E-state index in [9.17, 15) is 0 Å². The summed E-state index contributed by atoms with van der Waals surface area (Å²) in [6.45, 7) is 8.29. The summed E-state index contributed by atoms with van der Waals surface area (Å²) < 4.78 is 5.53. The number of methoxy groups -OCH3 is 1. The fraction of sp³-hybridized carbons (Fsp3) is 0.375. The molecule has 1 aromatic carbocycles. The van der Waals surface area contributed by atoms with Gasteiger partial charge in [0, 0.05) is 11.1 Å². The zero-order valence-electron chi connectivity index (χ0n) is 12.5. The van der Waals surface area contributed by atoms with Crippen molar-refractivity contribution in [2.24, 2.45) is 0 Å². The van der Waals surface area contributed by atoms with Crippen molar-refractivity contribution in [1.29, 1.82) is 0 Å². The molecule has 0 spiro atoms. The molecule has 0 N–H and O–H groups in total. The van der Waals surface area contributed by atoms with Gasteiger partial charge in [-0.05, 0) is 37.0 Å². The fourth-order valence-electron chi connectivity index (χ4n) is 2.48. The molecule has 20 heavy (non-hydrogen) atoms. The van der Waals surface area contributed by atoms with Crippen molar-refractivity contribution in [3.8, 4) is 17.0 Å². The molecule has 0 bridgehead atoms. The Labute approximate surface area is 125 Å². The predicted molar refractivity (Wildman–Crippen MR) is 82.6 cm³/mol. The maximum atomic E-state index is 6.26. The van der Waals surface area contributed by atoms with E-state index in [1.807, 2.05) is 6.07 Å². The topological polar surface area (TPSA) is 35.0 Å². The molecular formula is C16H19ClN2O. The number of hydrogen-bond donors (Lipinski definition) is 0. The molecule has 0 saturated heterocycles. The van der Waals surface area contributed by atoms with Crippen molar-refractivity contribution >= 4 is 11.6 Å². The van der Waals surface area contributed by atoms with Crippen LogP contribution in [0.1, 0.15) is 36.5 Å². The number of halogens is 1. The van der Waals surface area contributed by atoms with Crippen LogP contribution in [0.15, 0.2) is 18.5 Å². The summed E-state index contributed by atoms with van der Waals surface area (Å²) in [5, 5.41) is 0.507. The van der Waals surface area contributed by atoms with Crippen LogP contribution in [0.2, 0.25) is 5.15 Å². The molecule has 0 saturated carbocycles. The Balaban J connectivity index is 2.78. The van der Waals surface area contributed by atoms with Crippen LogP contribution in [0.5, 0.6) is 5.75 Å².